The van der Waals surface area contributed by atoms with Crippen LogP contribution in [0.5, 0.6) is 0 Å². The van der Waals surface area contributed by atoms with Crippen molar-refractivity contribution in [2.24, 2.45) is 20.0 Å². The van der Waals surface area contributed by atoms with Gasteiger partial charge >= 0.3 is 5.69 Å². The molecule has 0 radical (unpaired) electrons. The SMILES string of the molecule is CC.Cn1c(=O)c2[nH]c(SCC3CCNCC3)nc2n(C)c1=O. The van der Waals surface area contributed by atoms with E-state index in [-0.39, 0.29) is 11.2 Å². The number of fused-ring (bicyclic) bond motifs is 1. The highest BCUT2D eigenvalue weighted by atomic mass is 32.2. The molecule has 2 aromatic rings. The number of aromatic amines is 1. The van der Waals surface area contributed by atoms with Crippen LogP contribution in [0.15, 0.2) is 14.7 Å². The Morgan fingerprint density at radius 2 is 1.83 bits per heavy atom. The smallest absolute Gasteiger partial charge is 0.327 e. The number of H-pyrrole nitrogens is 1. The number of imidazole rings is 1. The minimum Gasteiger partial charge on any atom is -0.327 e. The van der Waals surface area contributed by atoms with Crippen molar-refractivity contribution in [2.45, 2.75) is 31.8 Å². The average Bonchev–Trinajstić information content (AvgIpc) is 3.03. The van der Waals surface area contributed by atoms with Crippen LogP contribution in [0.25, 0.3) is 11.2 Å². The van der Waals surface area contributed by atoms with E-state index >= 15 is 0 Å². The van der Waals surface area contributed by atoms with Gasteiger partial charge < -0.3 is 10.3 Å². The van der Waals surface area contributed by atoms with Crippen LogP contribution in [0.1, 0.15) is 26.7 Å². The lowest BCUT2D eigenvalue weighted by Crippen LogP contribution is -2.36. The Morgan fingerprint density at radius 1 is 1.17 bits per heavy atom. The molecule has 3 rings (SSSR count). The molecule has 0 atom stereocenters. The zero-order valence-corrected chi connectivity index (χ0v) is 15.0. The first-order chi connectivity index (χ1) is 11.1. The van der Waals surface area contributed by atoms with Crippen molar-refractivity contribution in [1.29, 1.82) is 0 Å². The van der Waals surface area contributed by atoms with Gasteiger partial charge in [0.2, 0.25) is 0 Å². The number of hydrogen-bond acceptors (Lipinski definition) is 5. The van der Waals surface area contributed by atoms with Crippen LogP contribution < -0.4 is 16.6 Å². The van der Waals surface area contributed by atoms with Crippen molar-refractivity contribution in [1.82, 2.24) is 24.4 Å². The molecule has 7 nitrogen and oxygen atoms in total. The fraction of sp³-hybridized carbons (Fsp3) is 0.667. The molecular formula is C15H25N5O2S. The van der Waals surface area contributed by atoms with Gasteiger partial charge in [-0.3, -0.25) is 13.9 Å². The molecule has 1 fully saturated rings. The second-order valence-corrected chi connectivity index (χ2v) is 6.46. The average molecular weight is 339 g/mol. The van der Waals surface area contributed by atoms with Gasteiger partial charge in [0.05, 0.1) is 0 Å². The van der Waals surface area contributed by atoms with E-state index in [0.29, 0.717) is 22.2 Å². The summed E-state index contributed by atoms with van der Waals surface area (Å²) in [6, 6.07) is 0. The largest absolute Gasteiger partial charge is 0.332 e. The van der Waals surface area contributed by atoms with E-state index in [9.17, 15) is 9.59 Å². The van der Waals surface area contributed by atoms with Crippen LogP contribution in [0.2, 0.25) is 0 Å². The quantitative estimate of drug-likeness (QED) is 0.818. The molecule has 0 saturated carbocycles. The topological polar surface area (TPSA) is 84.7 Å². The first-order valence-corrected chi connectivity index (χ1v) is 9.05. The van der Waals surface area contributed by atoms with E-state index < -0.39 is 0 Å². The molecule has 128 valence electrons. The number of thioether (sulfide) groups is 1. The van der Waals surface area contributed by atoms with Gasteiger partial charge in [0.1, 0.15) is 0 Å². The van der Waals surface area contributed by atoms with Crippen LogP contribution in [-0.4, -0.2) is 37.9 Å². The summed E-state index contributed by atoms with van der Waals surface area (Å²) in [7, 11) is 3.11. The van der Waals surface area contributed by atoms with Gasteiger partial charge in [-0.05, 0) is 31.8 Å². The molecule has 0 aliphatic carbocycles. The summed E-state index contributed by atoms with van der Waals surface area (Å²) in [5.41, 5.74) is 0.145. The molecule has 23 heavy (non-hydrogen) atoms. The Morgan fingerprint density at radius 3 is 2.48 bits per heavy atom. The number of rotatable bonds is 3. The molecule has 8 heteroatoms. The highest BCUT2D eigenvalue weighted by Gasteiger charge is 2.16. The summed E-state index contributed by atoms with van der Waals surface area (Å²) in [6.45, 7) is 6.14. The molecule has 0 spiro atoms. The molecule has 0 amide bonds. The summed E-state index contributed by atoms with van der Waals surface area (Å²) in [4.78, 5) is 31.4. The van der Waals surface area contributed by atoms with E-state index in [1.54, 1.807) is 18.8 Å². The summed E-state index contributed by atoms with van der Waals surface area (Å²) < 4.78 is 2.50. The van der Waals surface area contributed by atoms with Crippen molar-refractivity contribution >= 4 is 22.9 Å². The minimum atomic E-state index is -0.353. The lowest BCUT2D eigenvalue weighted by molar-refractivity contribution is 0.407. The van der Waals surface area contributed by atoms with Gasteiger partial charge in [0.15, 0.2) is 16.3 Å². The van der Waals surface area contributed by atoms with Gasteiger partial charge in [-0.1, -0.05) is 25.6 Å². The number of hydrogen-bond donors (Lipinski definition) is 2. The maximum Gasteiger partial charge on any atom is 0.332 e. The molecule has 1 aliphatic rings. The van der Waals surface area contributed by atoms with Crippen LogP contribution in [0.4, 0.5) is 0 Å². The number of aryl methyl sites for hydroxylation is 1. The fourth-order valence-corrected chi connectivity index (χ4v) is 3.67. The lowest BCUT2D eigenvalue weighted by atomic mass is 10.0. The zero-order chi connectivity index (χ0) is 17.0. The van der Waals surface area contributed by atoms with Crippen molar-refractivity contribution in [3.05, 3.63) is 20.8 Å². The maximum absolute atomic E-state index is 12.1. The number of piperidine rings is 1. The van der Waals surface area contributed by atoms with E-state index in [2.05, 4.69) is 15.3 Å². The summed E-state index contributed by atoms with van der Waals surface area (Å²) in [6.07, 6.45) is 2.35. The summed E-state index contributed by atoms with van der Waals surface area (Å²) >= 11 is 1.62. The number of nitrogens with zero attached hydrogens (tertiary/aromatic N) is 3. The van der Waals surface area contributed by atoms with Gasteiger partial charge in [0, 0.05) is 19.8 Å². The highest BCUT2D eigenvalue weighted by molar-refractivity contribution is 7.99. The molecular weight excluding hydrogens is 314 g/mol. The van der Waals surface area contributed by atoms with E-state index in [1.807, 2.05) is 13.8 Å². The van der Waals surface area contributed by atoms with Gasteiger partial charge in [-0.15, -0.1) is 0 Å². The Bertz CT molecular complexity index is 770. The van der Waals surface area contributed by atoms with E-state index in [1.165, 1.54) is 24.5 Å². The number of nitrogens with one attached hydrogen (secondary N) is 2. The van der Waals surface area contributed by atoms with Crippen molar-refractivity contribution in [2.75, 3.05) is 18.8 Å². The predicted molar refractivity (Wildman–Crippen MR) is 94.2 cm³/mol. The minimum absolute atomic E-state index is 0.325. The maximum atomic E-state index is 12.1. The summed E-state index contributed by atoms with van der Waals surface area (Å²) in [5, 5.41) is 4.06. The molecule has 2 N–H and O–H groups in total. The zero-order valence-electron chi connectivity index (χ0n) is 14.2. The first kappa shape index (κ1) is 17.8. The fourth-order valence-electron chi connectivity index (χ4n) is 2.62. The normalized spacial score (nSPS) is 15.5. The standard InChI is InChI=1S/C13H19N5O2S.C2H6/c1-17-10-9(11(19)18(2)13(17)20)15-12(16-10)21-7-8-3-5-14-6-4-8;1-2/h8,14H,3-7H2,1-2H3,(H,15,16);1-2H3. The predicted octanol–water partition coefficient (Wildman–Crippen LogP) is 1.08. The van der Waals surface area contributed by atoms with Crippen molar-refractivity contribution in [3.8, 4) is 0 Å². The molecule has 0 unspecified atom stereocenters. The second kappa shape index (κ2) is 7.83. The molecule has 1 saturated heterocycles. The molecule has 0 bridgehead atoms. The van der Waals surface area contributed by atoms with E-state index in [0.717, 1.165) is 23.4 Å². The van der Waals surface area contributed by atoms with Crippen LogP contribution in [-0.2, 0) is 14.1 Å². The van der Waals surface area contributed by atoms with E-state index in [4.69, 9.17) is 0 Å². The third kappa shape index (κ3) is 3.69. The third-order valence-corrected chi connectivity index (χ3v) is 5.09. The Kier molecular flexibility index (Phi) is 6.06. The van der Waals surface area contributed by atoms with Crippen LogP contribution in [0, 0.1) is 5.92 Å². The van der Waals surface area contributed by atoms with Crippen molar-refractivity contribution in [3.63, 3.8) is 0 Å². The van der Waals surface area contributed by atoms with Gasteiger partial charge in [0.25, 0.3) is 5.56 Å². The lowest BCUT2D eigenvalue weighted by Gasteiger charge is -2.21. The Balaban J connectivity index is 0.000000924. The first-order valence-electron chi connectivity index (χ1n) is 8.07. The van der Waals surface area contributed by atoms with Crippen LogP contribution >= 0.6 is 11.8 Å². The molecule has 0 aromatic carbocycles. The molecule has 3 heterocycles. The second-order valence-electron chi connectivity index (χ2n) is 5.45. The monoisotopic (exact) mass is 339 g/mol. The van der Waals surface area contributed by atoms with Gasteiger partial charge in [-0.25, -0.2) is 9.78 Å². The highest BCUT2D eigenvalue weighted by Crippen LogP contribution is 2.23. The number of aromatic nitrogens is 4. The summed E-state index contributed by atoms with van der Waals surface area (Å²) in [5.74, 6) is 1.66. The Labute approximate surface area is 139 Å². The van der Waals surface area contributed by atoms with Crippen molar-refractivity contribution < 1.29 is 0 Å². The van der Waals surface area contributed by atoms with Gasteiger partial charge in [-0.2, -0.15) is 0 Å². The molecule has 2 aromatic heterocycles. The third-order valence-electron chi connectivity index (χ3n) is 3.99. The Hall–Kier alpha value is -1.54. The van der Waals surface area contributed by atoms with Crippen LogP contribution in [0.3, 0.4) is 0 Å². The molecule has 1 aliphatic heterocycles.